The minimum Gasteiger partial charge on any atom is -0.382 e. The molecule has 0 radical (unpaired) electrons. The highest BCUT2D eigenvalue weighted by molar-refractivity contribution is 7.99. The van der Waals surface area contributed by atoms with Crippen LogP contribution in [0.15, 0.2) is 58.7 Å². The molecular weight excluding hydrogens is 286 g/mol. The van der Waals surface area contributed by atoms with Crippen LogP contribution in [0.3, 0.4) is 0 Å². The van der Waals surface area contributed by atoms with E-state index in [0.717, 1.165) is 10.6 Å². The Morgan fingerprint density at radius 2 is 1.95 bits per heavy atom. The van der Waals surface area contributed by atoms with E-state index in [1.165, 1.54) is 11.8 Å². The summed E-state index contributed by atoms with van der Waals surface area (Å²) in [7, 11) is 0. The highest BCUT2D eigenvalue weighted by atomic mass is 32.2. The third-order valence-electron chi connectivity index (χ3n) is 2.67. The fraction of sp³-hybridized carbons (Fsp3) is 0. The summed E-state index contributed by atoms with van der Waals surface area (Å²) in [4.78, 5) is 4.85. The molecule has 0 aliphatic rings. The SMILES string of the molecule is N=C(N)c1ncccc1Sc1nnnn1-c1ccccc1. The number of tetrazole rings is 1. The van der Waals surface area contributed by atoms with Crippen molar-refractivity contribution in [2.75, 3.05) is 0 Å². The first-order chi connectivity index (χ1) is 10.3. The molecule has 3 N–H and O–H groups in total. The van der Waals surface area contributed by atoms with Crippen LogP contribution in [0.4, 0.5) is 0 Å². The Hall–Kier alpha value is -2.74. The second kappa shape index (κ2) is 5.71. The molecule has 0 atom stereocenters. The number of nitrogen functional groups attached to an aromatic ring is 1. The van der Waals surface area contributed by atoms with Gasteiger partial charge in [0.05, 0.1) is 5.69 Å². The molecule has 8 heteroatoms. The zero-order valence-corrected chi connectivity index (χ0v) is 11.7. The van der Waals surface area contributed by atoms with Gasteiger partial charge in [-0.25, -0.2) is 0 Å². The van der Waals surface area contributed by atoms with Crippen molar-refractivity contribution in [1.29, 1.82) is 5.41 Å². The lowest BCUT2D eigenvalue weighted by Crippen LogP contribution is -2.14. The fourth-order valence-corrected chi connectivity index (χ4v) is 2.66. The zero-order chi connectivity index (χ0) is 14.7. The summed E-state index contributed by atoms with van der Waals surface area (Å²) in [5.41, 5.74) is 6.82. The number of hydrogen-bond donors (Lipinski definition) is 2. The maximum Gasteiger partial charge on any atom is 0.218 e. The Morgan fingerprint density at radius 3 is 2.71 bits per heavy atom. The van der Waals surface area contributed by atoms with E-state index in [0.29, 0.717) is 10.9 Å². The van der Waals surface area contributed by atoms with Crippen molar-refractivity contribution in [3.63, 3.8) is 0 Å². The number of amidine groups is 1. The van der Waals surface area contributed by atoms with Gasteiger partial charge in [-0.2, -0.15) is 4.68 Å². The maximum absolute atomic E-state index is 7.57. The molecule has 1 aromatic carbocycles. The van der Waals surface area contributed by atoms with Gasteiger partial charge in [-0.05, 0) is 46.5 Å². The molecule has 0 aliphatic carbocycles. The van der Waals surface area contributed by atoms with Crippen molar-refractivity contribution in [2.45, 2.75) is 10.1 Å². The molecule has 21 heavy (non-hydrogen) atoms. The Kier molecular flexibility index (Phi) is 3.61. The van der Waals surface area contributed by atoms with E-state index >= 15 is 0 Å². The van der Waals surface area contributed by atoms with Crippen LogP contribution in [-0.2, 0) is 0 Å². The van der Waals surface area contributed by atoms with Crippen LogP contribution in [0.1, 0.15) is 5.69 Å². The predicted molar refractivity (Wildman–Crippen MR) is 78.5 cm³/mol. The third-order valence-corrected chi connectivity index (χ3v) is 3.66. The lowest BCUT2D eigenvalue weighted by Gasteiger charge is -2.06. The van der Waals surface area contributed by atoms with Gasteiger partial charge >= 0.3 is 0 Å². The Labute approximate surface area is 124 Å². The first-order valence-electron chi connectivity index (χ1n) is 6.07. The zero-order valence-electron chi connectivity index (χ0n) is 10.8. The number of nitrogens with one attached hydrogen (secondary N) is 1. The molecule has 0 amide bonds. The van der Waals surface area contributed by atoms with Crippen LogP contribution in [0, 0.1) is 5.41 Å². The lowest BCUT2D eigenvalue weighted by atomic mass is 10.3. The number of rotatable bonds is 4. The first-order valence-corrected chi connectivity index (χ1v) is 6.88. The highest BCUT2D eigenvalue weighted by Gasteiger charge is 2.14. The van der Waals surface area contributed by atoms with Crippen LogP contribution < -0.4 is 5.73 Å². The summed E-state index contributed by atoms with van der Waals surface area (Å²) in [6, 6.07) is 13.2. The van der Waals surface area contributed by atoms with Crippen molar-refractivity contribution in [1.82, 2.24) is 25.2 Å². The van der Waals surface area contributed by atoms with Gasteiger partial charge in [-0.1, -0.05) is 18.2 Å². The van der Waals surface area contributed by atoms with Gasteiger partial charge in [0.15, 0.2) is 0 Å². The molecule has 0 bridgehead atoms. The van der Waals surface area contributed by atoms with E-state index in [1.807, 2.05) is 36.4 Å². The van der Waals surface area contributed by atoms with Gasteiger partial charge in [-0.3, -0.25) is 10.4 Å². The van der Waals surface area contributed by atoms with Gasteiger partial charge in [0.25, 0.3) is 0 Å². The first kappa shape index (κ1) is 13.3. The number of aromatic nitrogens is 5. The van der Waals surface area contributed by atoms with E-state index in [4.69, 9.17) is 11.1 Å². The minimum absolute atomic E-state index is 0.0863. The summed E-state index contributed by atoms with van der Waals surface area (Å²) >= 11 is 1.31. The molecule has 0 fully saturated rings. The quantitative estimate of drug-likeness (QED) is 0.558. The summed E-state index contributed by atoms with van der Waals surface area (Å²) < 4.78 is 1.63. The summed E-state index contributed by atoms with van der Waals surface area (Å²) in [5, 5.41) is 19.9. The molecule has 0 saturated heterocycles. The molecule has 0 spiro atoms. The van der Waals surface area contributed by atoms with Gasteiger partial charge in [0, 0.05) is 11.1 Å². The summed E-state index contributed by atoms with van der Waals surface area (Å²) in [6.07, 6.45) is 1.60. The molecule has 0 unspecified atom stereocenters. The summed E-state index contributed by atoms with van der Waals surface area (Å²) in [5.74, 6) is -0.0863. The van der Waals surface area contributed by atoms with E-state index in [-0.39, 0.29) is 5.84 Å². The molecule has 3 aromatic rings. The smallest absolute Gasteiger partial charge is 0.218 e. The number of hydrogen-bond acceptors (Lipinski definition) is 6. The fourth-order valence-electron chi connectivity index (χ4n) is 1.75. The van der Waals surface area contributed by atoms with Crippen LogP contribution >= 0.6 is 11.8 Å². The monoisotopic (exact) mass is 297 g/mol. The van der Waals surface area contributed by atoms with Crippen LogP contribution in [-0.4, -0.2) is 31.0 Å². The van der Waals surface area contributed by atoms with E-state index in [1.54, 1.807) is 16.9 Å². The van der Waals surface area contributed by atoms with Gasteiger partial charge in [0.1, 0.15) is 11.5 Å². The Morgan fingerprint density at radius 1 is 1.14 bits per heavy atom. The van der Waals surface area contributed by atoms with E-state index in [2.05, 4.69) is 20.5 Å². The lowest BCUT2D eigenvalue weighted by molar-refractivity contribution is 0.756. The number of para-hydroxylation sites is 1. The molecule has 0 aliphatic heterocycles. The van der Waals surface area contributed by atoms with Crippen LogP contribution in [0.5, 0.6) is 0 Å². The minimum atomic E-state index is -0.0863. The highest BCUT2D eigenvalue weighted by Crippen LogP contribution is 2.28. The molecular formula is C13H11N7S. The Balaban J connectivity index is 1.98. The molecule has 2 aromatic heterocycles. The van der Waals surface area contributed by atoms with Crippen molar-refractivity contribution in [3.05, 3.63) is 54.4 Å². The topological polar surface area (TPSA) is 106 Å². The average molecular weight is 297 g/mol. The second-order valence-corrected chi connectivity index (χ2v) is 5.08. The van der Waals surface area contributed by atoms with Gasteiger partial charge in [-0.15, -0.1) is 5.10 Å². The number of nitrogens with two attached hydrogens (primary N) is 1. The van der Waals surface area contributed by atoms with E-state index < -0.39 is 0 Å². The number of pyridine rings is 1. The van der Waals surface area contributed by atoms with Crippen LogP contribution in [0.25, 0.3) is 5.69 Å². The Bertz CT molecular complexity index is 769. The van der Waals surface area contributed by atoms with Crippen molar-refractivity contribution < 1.29 is 0 Å². The average Bonchev–Trinajstić information content (AvgIpc) is 2.96. The second-order valence-electron chi connectivity index (χ2n) is 4.07. The molecule has 7 nitrogen and oxygen atoms in total. The van der Waals surface area contributed by atoms with Crippen molar-refractivity contribution in [2.24, 2.45) is 5.73 Å². The van der Waals surface area contributed by atoms with Crippen molar-refractivity contribution in [3.8, 4) is 5.69 Å². The van der Waals surface area contributed by atoms with Gasteiger partial charge < -0.3 is 5.73 Å². The maximum atomic E-state index is 7.57. The van der Waals surface area contributed by atoms with Crippen LogP contribution in [0.2, 0.25) is 0 Å². The normalized spacial score (nSPS) is 10.5. The predicted octanol–water partition coefficient (Wildman–Crippen LogP) is 1.49. The molecule has 104 valence electrons. The number of nitrogens with zero attached hydrogens (tertiary/aromatic N) is 5. The van der Waals surface area contributed by atoms with E-state index in [9.17, 15) is 0 Å². The van der Waals surface area contributed by atoms with Gasteiger partial charge in [0.2, 0.25) is 5.16 Å². The third kappa shape index (κ3) is 2.75. The molecule has 0 saturated carbocycles. The van der Waals surface area contributed by atoms with Crippen molar-refractivity contribution >= 4 is 17.6 Å². The molecule has 2 heterocycles. The standard InChI is InChI=1S/C13H11N7S/c14-12(15)11-10(7-4-8-16-11)21-13-17-18-19-20(13)9-5-2-1-3-6-9/h1-8H,(H3,14,15). The number of benzene rings is 1. The largest absolute Gasteiger partial charge is 0.382 e. The summed E-state index contributed by atoms with van der Waals surface area (Å²) in [6.45, 7) is 0. The molecule has 3 rings (SSSR count).